The van der Waals surface area contributed by atoms with Crippen LogP contribution in [0.5, 0.6) is 5.75 Å². The number of esters is 1. The fraction of sp³-hybridized carbons (Fsp3) is 0.318. The summed E-state index contributed by atoms with van der Waals surface area (Å²) in [6.07, 6.45) is 6.50. The third-order valence-electron chi connectivity index (χ3n) is 3.81. The quantitative estimate of drug-likeness (QED) is 0.406. The van der Waals surface area contributed by atoms with Crippen molar-refractivity contribution in [2.45, 2.75) is 25.8 Å². The van der Waals surface area contributed by atoms with Gasteiger partial charge in [-0.25, -0.2) is 0 Å². The normalized spacial score (nSPS) is 11.4. The van der Waals surface area contributed by atoms with Crippen molar-refractivity contribution in [3.63, 3.8) is 0 Å². The second-order valence-corrected chi connectivity index (χ2v) is 5.84. The summed E-state index contributed by atoms with van der Waals surface area (Å²) in [5.74, 6) is 3.07. The monoisotopic (exact) mass is 351 g/mol. The first-order chi connectivity index (χ1) is 12.7. The van der Waals surface area contributed by atoms with Crippen LogP contribution in [0.4, 0.5) is 0 Å². The maximum absolute atomic E-state index is 11.4. The van der Waals surface area contributed by atoms with Crippen molar-refractivity contribution in [2.75, 3.05) is 19.8 Å². The Bertz CT molecular complexity index is 704. The maximum Gasteiger partial charge on any atom is 0.308 e. The Labute approximate surface area is 155 Å². The molecule has 1 atom stereocenters. The van der Waals surface area contributed by atoms with E-state index in [1.807, 2.05) is 30.3 Å². The van der Waals surface area contributed by atoms with Gasteiger partial charge in [-0.3, -0.25) is 10.1 Å². The Morgan fingerprint density at radius 2 is 1.81 bits per heavy atom. The molecule has 2 rings (SSSR count). The molecule has 136 valence electrons. The van der Waals surface area contributed by atoms with Gasteiger partial charge in [0.05, 0.1) is 19.1 Å². The summed E-state index contributed by atoms with van der Waals surface area (Å²) in [5.41, 5.74) is 2.52. The van der Waals surface area contributed by atoms with Crippen LogP contribution in [0.2, 0.25) is 0 Å². The van der Waals surface area contributed by atoms with Crippen molar-refractivity contribution < 1.29 is 14.3 Å². The fourth-order valence-electron chi connectivity index (χ4n) is 2.51. The Balaban J connectivity index is 1.71. The van der Waals surface area contributed by atoms with Gasteiger partial charge in [-0.2, -0.15) is 0 Å². The van der Waals surface area contributed by atoms with Gasteiger partial charge >= 0.3 is 5.97 Å². The van der Waals surface area contributed by atoms with Crippen molar-refractivity contribution >= 4 is 5.97 Å². The molecule has 4 heteroatoms. The molecule has 0 spiro atoms. The molecule has 0 aliphatic carbocycles. The van der Waals surface area contributed by atoms with E-state index >= 15 is 0 Å². The number of nitrogens with one attached hydrogen (secondary N) is 1. The number of hydrogen-bond acceptors (Lipinski definition) is 4. The number of hydrogen-bond donors (Lipinski definition) is 1. The second kappa shape index (κ2) is 11.0. The predicted molar refractivity (Wildman–Crippen MR) is 103 cm³/mol. The summed E-state index contributed by atoms with van der Waals surface area (Å²) in [6.45, 7) is 3.16. The van der Waals surface area contributed by atoms with Gasteiger partial charge in [-0.15, -0.1) is 6.42 Å². The van der Waals surface area contributed by atoms with E-state index in [4.69, 9.17) is 15.9 Å². The topological polar surface area (TPSA) is 47.6 Å². The van der Waals surface area contributed by atoms with Crippen molar-refractivity contribution in [3.8, 4) is 18.1 Å². The standard InChI is InChI=1S/C22H25NO3/c1-3-20(17-22(24)25-4-2)23-14-15-26-21-12-10-19(11-13-21)16-18-8-6-5-7-9-18/h1,5-13,20,23H,4,14-17H2,2H3. The molecule has 0 saturated heterocycles. The van der Waals surface area contributed by atoms with Crippen LogP contribution >= 0.6 is 0 Å². The minimum absolute atomic E-state index is 0.165. The molecule has 0 fully saturated rings. The first kappa shape index (κ1) is 19.6. The Hall–Kier alpha value is -2.77. The smallest absolute Gasteiger partial charge is 0.308 e. The first-order valence-corrected chi connectivity index (χ1v) is 8.82. The van der Waals surface area contributed by atoms with Gasteiger partial charge in [-0.1, -0.05) is 48.4 Å². The highest BCUT2D eigenvalue weighted by atomic mass is 16.5. The highest BCUT2D eigenvalue weighted by molar-refractivity contribution is 5.70. The van der Waals surface area contributed by atoms with E-state index in [1.54, 1.807) is 6.92 Å². The Morgan fingerprint density at radius 3 is 2.46 bits per heavy atom. The maximum atomic E-state index is 11.4. The van der Waals surface area contributed by atoms with Gasteiger partial charge in [0.1, 0.15) is 12.4 Å². The minimum atomic E-state index is -0.342. The number of carbonyl (C=O) groups excluding carboxylic acids is 1. The zero-order chi connectivity index (χ0) is 18.6. The molecule has 0 aliphatic heterocycles. The average Bonchev–Trinajstić information content (AvgIpc) is 2.66. The lowest BCUT2D eigenvalue weighted by atomic mass is 10.1. The predicted octanol–water partition coefficient (Wildman–Crippen LogP) is 3.20. The van der Waals surface area contributed by atoms with Crippen LogP contribution in [0.3, 0.4) is 0 Å². The first-order valence-electron chi connectivity index (χ1n) is 8.82. The molecule has 4 nitrogen and oxygen atoms in total. The lowest BCUT2D eigenvalue weighted by molar-refractivity contribution is -0.143. The molecule has 0 aromatic heterocycles. The van der Waals surface area contributed by atoms with Crippen LogP contribution in [0.15, 0.2) is 54.6 Å². The van der Waals surface area contributed by atoms with Crippen LogP contribution in [0.1, 0.15) is 24.5 Å². The molecule has 26 heavy (non-hydrogen) atoms. The zero-order valence-electron chi connectivity index (χ0n) is 15.1. The van der Waals surface area contributed by atoms with E-state index in [1.165, 1.54) is 11.1 Å². The molecule has 0 saturated carbocycles. The van der Waals surface area contributed by atoms with Gasteiger partial charge in [-0.05, 0) is 36.6 Å². The van der Waals surface area contributed by atoms with Gasteiger partial charge in [0.2, 0.25) is 0 Å². The molecule has 0 aliphatic rings. The highest BCUT2D eigenvalue weighted by Gasteiger charge is 2.11. The van der Waals surface area contributed by atoms with Crippen LogP contribution < -0.4 is 10.1 Å². The van der Waals surface area contributed by atoms with Gasteiger partial charge in [0.15, 0.2) is 0 Å². The van der Waals surface area contributed by atoms with Crippen molar-refractivity contribution in [1.82, 2.24) is 5.32 Å². The molecule has 0 bridgehead atoms. The largest absolute Gasteiger partial charge is 0.492 e. The van der Waals surface area contributed by atoms with Gasteiger partial charge in [0.25, 0.3) is 0 Å². The summed E-state index contributed by atoms with van der Waals surface area (Å²) in [6, 6.07) is 18.1. The van der Waals surface area contributed by atoms with Crippen molar-refractivity contribution in [2.24, 2.45) is 0 Å². The number of terminal acetylenes is 1. The van der Waals surface area contributed by atoms with E-state index < -0.39 is 0 Å². The molecule has 0 radical (unpaired) electrons. The van der Waals surface area contributed by atoms with E-state index in [0.717, 1.165) is 12.2 Å². The molecule has 2 aromatic rings. The van der Waals surface area contributed by atoms with Gasteiger partial charge in [0, 0.05) is 6.54 Å². The van der Waals surface area contributed by atoms with Crippen molar-refractivity contribution in [1.29, 1.82) is 0 Å². The lowest BCUT2D eigenvalue weighted by Crippen LogP contribution is -2.33. The molecule has 0 amide bonds. The number of rotatable bonds is 10. The number of carbonyl (C=O) groups is 1. The fourth-order valence-corrected chi connectivity index (χ4v) is 2.51. The van der Waals surface area contributed by atoms with E-state index in [9.17, 15) is 4.79 Å². The minimum Gasteiger partial charge on any atom is -0.492 e. The molecular formula is C22H25NO3. The van der Waals surface area contributed by atoms with Crippen LogP contribution in [-0.2, 0) is 16.0 Å². The van der Waals surface area contributed by atoms with E-state index in [0.29, 0.717) is 19.8 Å². The third-order valence-corrected chi connectivity index (χ3v) is 3.81. The van der Waals surface area contributed by atoms with E-state index in [2.05, 4.69) is 35.5 Å². The Morgan fingerprint density at radius 1 is 1.12 bits per heavy atom. The molecule has 2 aromatic carbocycles. The summed E-state index contributed by atoms with van der Waals surface area (Å²) in [7, 11) is 0. The van der Waals surface area contributed by atoms with Crippen LogP contribution in [-0.4, -0.2) is 31.8 Å². The Kier molecular flexibility index (Phi) is 8.25. The average molecular weight is 351 g/mol. The van der Waals surface area contributed by atoms with Crippen LogP contribution in [0, 0.1) is 12.3 Å². The van der Waals surface area contributed by atoms with Crippen molar-refractivity contribution in [3.05, 3.63) is 65.7 Å². The molecule has 1 N–H and O–H groups in total. The molecule has 0 heterocycles. The third kappa shape index (κ3) is 7.00. The summed E-state index contributed by atoms with van der Waals surface area (Å²) in [5, 5.41) is 3.11. The SMILES string of the molecule is C#CC(CC(=O)OCC)NCCOc1ccc(Cc2ccccc2)cc1. The van der Waals surface area contributed by atoms with Gasteiger partial charge < -0.3 is 9.47 Å². The molecule has 1 unspecified atom stereocenters. The number of benzene rings is 2. The summed E-state index contributed by atoms with van der Waals surface area (Å²) < 4.78 is 10.6. The lowest BCUT2D eigenvalue weighted by Gasteiger charge is -2.13. The van der Waals surface area contributed by atoms with Crippen LogP contribution in [0.25, 0.3) is 0 Å². The highest BCUT2D eigenvalue weighted by Crippen LogP contribution is 2.15. The summed E-state index contributed by atoms with van der Waals surface area (Å²) >= 11 is 0. The summed E-state index contributed by atoms with van der Waals surface area (Å²) in [4.78, 5) is 11.4. The zero-order valence-corrected chi connectivity index (χ0v) is 15.1. The second-order valence-electron chi connectivity index (χ2n) is 5.84. The molecular weight excluding hydrogens is 326 g/mol. The number of ether oxygens (including phenoxy) is 2. The van der Waals surface area contributed by atoms with E-state index in [-0.39, 0.29) is 18.4 Å².